The first-order valence-electron chi connectivity index (χ1n) is 14.6. The van der Waals surface area contributed by atoms with Crippen LogP contribution in [-0.2, 0) is 9.53 Å². The Hall–Kier alpha value is -0.790. The number of fused-ring (bicyclic) bond motifs is 6. The lowest BCUT2D eigenvalue weighted by Crippen LogP contribution is -2.60. The number of hydrogen-bond acceptors (Lipinski definition) is 2. The predicted molar refractivity (Wildman–Crippen MR) is 140 cm³/mol. The fraction of sp³-hybridized carbons (Fsp3) is 0.906. The van der Waals surface area contributed by atoms with Gasteiger partial charge in [0.1, 0.15) is 0 Å². The van der Waals surface area contributed by atoms with E-state index in [9.17, 15) is 4.79 Å². The molecule has 7 atom stereocenters. The second kappa shape index (κ2) is 7.61. The van der Waals surface area contributed by atoms with Gasteiger partial charge in [0, 0.05) is 12.3 Å². The Balaban J connectivity index is 1.53. The number of rotatable bonds is 2. The van der Waals surface area contributed by atoms with Crippen LogP contribution in [0.25, 0.3) is 0 Å². The third kappa shape index (κ3) is 3.35. The summed E-state index contributed by atoms with van der Waals surface area (Å²) in [5, 5.41) is 0. The standard InChI is InChI=1S/C32H52O2/c1-22(33)34-21-28(4)16-17-29(5)18-19-31(7)24-10-11-25-27(2,3)13-9-14-30(25,6)23(24)12-15-32(31,8)26(29)20-28/h25-26H,9-21H2,1-8H3/t25-,26+,28+,29+,30+,31+,32-/m0/s1. The van der Waals surface area contributed by atoms with Crippen LogP contribution in [0.15, 0.2) is 11.1 Å². The number of carbonyl (C=O) groups excluding carboxylic acids is 1. The third-order valence-corrected chi connectivity index (χ3v) is 13.2. The van der Waals surface area contributed by atoms with E-state index in [0.29, 0.717) is 33.7 Å². The summed E-state index contributed by atoms with van der Waals surface area (Å²) in [5.41, 5.74) is 5.99. The van der Waals surface area contributed by atoms with E-state index in [2.05, 4.69) is 48.5 Å². The van der Waals surface area contributed by atoms with Gasteiger partial charge in [0.15, 0.2) is 0 Å². The van der Waals surface area contributed by atoms with Gasteiger partial charge in [-0.15, -0.1) is 0 Å². The van der Waals surface area contributed by atoms with Crippen molar-refractivity contribution < 1.29 is 9.53 Å². The number of esters is 1. The van der Waals surface area contributed by atoms with Gasteiger partial charge in [0.25, 0.3) is 0 Å². The molecule has 5 aliphatic carbocycles. The number of ether oxygens (including phenoxy) is 1. The quantitative estimate of drug-likeness (QED) is 0.299. The van der Waals surface area contributed by atoms with E-state index in [1.54, 1.807) is 6.92 Å². The first kappa shape index (κ1) is 24.9. The van der Waals surface area contributed by atoms with E-state index in [4.69, 9.17) is 4.74 Å². The smallest absolute Gasteiger partial charge is 0.302 e. The van der Waals surface area contributed by atoms with Crippen LogP contribution >= 0.6 is 0 Å². The van der Waals surface area contributed by atoms with Gasteiger partial charge in [-0.25, -0.2) is 0 Å². The Morgan fingerprint density at radius 1 is 0.824 bits per heavy atom. The minimum Gasteiger partial charge on any atom is -0.465 e. The molecule has 0 aromatic rings. The van der Waals surface area contributed by atoms with Gasteiger partial charge in [-0.05, 0) is 110 Å². The molecule has 192 valence electrons. The zero-order valence-corrected chi connectivity index (χ0v) is 23.7. The van der Waals surface area contributed by atoms with Crippen molar-refractivity contribution in [1.82, 2.24) is 0 Å². The lowest BCUT2D eigenvalue weighted by atomic mass is 9.35. The topological polar surface area (TPSA) is 26.3 Å². The molecule has 3 fully saturated rings. The Bertz CT molecular complexity index is 899. The van der Waals surface area contributed by atoms with Crippen LogP contribution in [0.4, 0.5) is 0 Å². The van der Waals surface area contributed by atoms with E-state index < -0.39 is 0 Å². The van der Waals surface area contributed by atoms with Crippen LogP contribution in [0.3, 0.4) is 0 Å². The second-order valence-electron chi connectivity index (χ2n) is 15.6. The average Bonchev–Trinajstić information content (AvgIpc) is 2.75. The fourth-order valence-corrected chi connectivity index (χ4v) is 10.9. The Kier molecular flexibility index (Phi) is 5.57. The van der Waals surface area contributed by atoms with E-state index in [1.807, 2.05) is 11.1 Å². The molecule has 2 heteroatoms. The Morgan fingerprint density at radius 2 is 1.53 bits per heavy atom. The predicted octanol–water partition coefficient (Wildman–Crippen LogP) is 8.89. The fourth-order valence-electron chi connectivity index (χ4n) is 10.9. The highest BCUT2D eigenvalue weighted by Gasteiger charge is 2.65. The van der Waals surface area contributed by atoms with Crippen LogP contribution in [0.1, 0.15) is 132 Å². The van der Waals surface area contributed by atoms with E-state index in [0.717, 1.165) is 11.8 Å². The molecule has 2 nitrogen and oxygen atoms in total. The van der Waals surface area contributed by atoms with Gasteiger partial charge in [0.2, 0.25) is 0 Å². The molecule has 0 unspecified atom stereocenters. The molecule has 0 spiro atoms. The summed E-state index contributed by atoms with van der Waals surface area (Å²) in [4.78, 5) is 11.6. The molecule has 0 aromatic heterocycles. The molecule has 0 amide bonds. The number of hydrogen-bond donors (Lipinski definition) is 0. The highest BCUT2D eigenvalue weighted by atomic mass is 16.5. The largest absolute Gasteiger partial charge is 0.465 e. The summed E-state index contributed by atoms with van der Waals surface area (Å²) in [7, 11) is 0. The van der Waals surface area contributed by atoms with E-state index in [1.165, 1.54) is 77.0 Å². The zero-order chi connectivity index (χ0) is 24.8. The van der Waals surface area contributed by atoms with Gasteiger partial charge in [-0.2, -0.15) is 0 Å². The van der Waals surface area contributed by atoms with Crippen LogP contribution in [0, 0.1) is 44.3 Å². The lowest BCUT2D eigenvalue weighted by Gasteiger charge is -2.69. The van der Waals surface area contributed by atoms with Crippen molar-refractivity contribution in [3.8, 4) is 0 Å². The van der Waals surface area contributed by atoms with Gasteiger partial charge in [-0.1, -0.05) is 66.0 Å². The third-order valence-electron chi connectivity index (χ3n) is 13.2. The van der Waals surface area contributed by atoms with Crippen molar-refractivity contribution in [1.29, 1.82) is 0 Å². The van der Waals surface area contributed by atoms with Crippen molar-refractivity contribution in [3.63, 3.8) is 0 Å². The highest BCUT2D eigenvalue weighted by Crippen LogP contribution is 2.75. The maximum atomic E-state index is 11.6. The van der Waals surface area contributed by atoms with Crippen LogP contribution in [-0.4, -0.2) is 12.6 Å². The van der Waals surface area contributed by atoms with Crippen molar-refractivity contribution in [2.45, 2.75) is 132 Å². The normalized spacial score (nSPS) is 49.9. The van der Waals surface area contributed by atoms with Gasteiger partial charge in [-0.3, -0.25) is 4.79 Å². The maximum absolute atomic E-state index is 11.6. The Labute approximate surface area is 210 Å². The van der Waals surface area contributed by atoms with Crippen LogP contribution < -0.4 is 0 Å². The van der Waals surface area contributed by atoms with Crippen molar-refractivity contribution in [2.75, 3.05) is 6.61 Å². The summed E-state index contributed by atoms with van der Waals surface area (Å²) in [6, 6.07) is 0. The molecule has 5 aliphatic rings. The summed E-state index contributed by atoms with van der Waals surface area (Å²) in [6.07, 6.45) is 16.1. The van der Waals surface area contributed by atoms with Gasteiger partial charge in [0.05, 0.1) is 6.61 Å². The van der Waals surface area contributed by atoms with Crippen LogP contribution in [0.2, 0.25) is 0 Å². The average molecular weight is 469 g/mol. The first-order valence-corrected chi connectivity index (χ1v) is 14.6. The molecule has 0 aromatic carbocycles. The molecular formula is C32H52O2. The molecule has 0 bridgehead atoms. The number of carbonyl (C=O) groups is 1. The summed E-state index contributed by atoms with van der Waals surface area (Å²) in [6.45, 7) is 20.3. The summed E-state index contributed by atoms with van der Waals surface area (Å²) < 4.78 is 5.62. The SMILES string of the molecule is CC(=O)OC[C@]1(C)CC[C@]2(C)CC[C@]3(C)C4=C(CC[C@@]3(C)[C@@H]2C1)[C@@]1(C)CCCC(C)(C)[C@@H]1CC4. The first-order chi connectivity index (χ1) is 15.7. The van der Waals surface area contributed by atoms with Crippen molar-refractivity contribution in [3.05, 3.63) is 11.1 Å². The van der Waals surface area contributed by atoms with Crippen molar-refractivity contribution >= 4 is 5.97 Å². The molecule has 0 N–H and O–H groups in total. The molecule has 0 heterocycles. The second-order valence-corrected chi connectivity index (χ2v) is 15.6. The minimum absolute atomic E-state index is 0.123. The van der Waals surface area contributed by atoms with Gasteiger partial charge < -0.3 is 4.74 Å². The summed E-state index contributed by atoms with van der Waals surface area (Å²) in [5.74, 6) is 1.45. The highest BCUT2D eigenvalue weighted by molar-refractivity contribution is 5.65. The van der Waals surface area contributed by atoms with Crippen molar-refractivity contribution in [2.24, 2.45) is 44.3 Å². The maximum Gasteiger partial charge on any atom is 0.302 e. The zero-order valence-electron chi connectivity index (χ0n) is 23.7. The van der Waals surface area contributed by atoms with E-state index in [-0.39, 0.29) is 11.4 Å². The molecular weight excluding hydrogens is 416 g/mol. The van der Waals surface area contributed by atoms with Gasteiger partial charge >= 0.3 is 5.97 Å². The van der Waals surface area contributed by atoms with E-state index >= 15 is 0 Å². The lowest BCUT2D eigenvalue weighted by molar-refractivity contribution is -0.167. The minimum atomic E-state index is -0.123. The molecule has 5 rings (SSSR count). The number of allylic oxidation sites excluding steroid dienone is 2. The monoisotopic (exact) mass is 468 g/mol. The Morgan fingerprint density at radius 3 is 2.24 bits per heavy atom. The molecule has 3 saturated carbocycles. The summed E-state index contributed by atoms with van der Waals surface area (Å²) >= 11 is 0. The molecule has 34 heavy (non-hydrogen) atoms. The van der Waals surface area contributed by atoms with Crippen LogP contribution in [0.5, 0.6) is 0 Å². The molecule has 0 radical (unpaired) electrons. The molecule has 0 saturated heterocycles. The molecule has 0 aliphatic heterocycles.